The van der Waals surface area contributed by atoms with E-state index < -0.39 is 0 Å². The van der Waals surface area contributed by atoms with Crippen molar-refractivity contribution in [1.82, 2.24) is 10.2 Å². The van der Waals surface area contributed by atoms with Crippen LogP contribution in [0.25, 0.3) is 0 Å². The number of nitrogens with one attached hydrogen (secondary N) is 1. The molecule has 0 saturated carbocycles. The molecule has 22 heavy (non-hydrogen) atoms. The molecule has 1 aromatic rings. The zero-order valence-electron chi connectivity index (χ0n) is 12.4. The lowest BCUT2D eigenvalue weighted by molar-refractivity contribution is -0.132. The van der Waals surface area contributed by atoms with Crippen LogP contribution in [0.15, 0.2) is 18.2 Å². The normalized spacial score (nSPS) is 20.0. The summed E-state index contributed by atoms with van der Waals surface area (Å²) in [5, 5.41) is 4.49. The minimum Gasteiger partial charge on any atom is -0.342 e. The Morgan fingerprint density at radius 1 is 1.18 bits per heavy atom. The van der Waals surface area contributed by atoms with E-state index in [4.69, 9.17) is 23.2 Å². The zero-order valence-corrected chi connectivity index (χ0v) is 14.7. The number of benzene rings is 1. The summed E-state index contributed by atoms with van der Waals surface area (Å²) in [6.45, 7) is 3.99. The van der Waals surface area contributed by atoms with Gasteiger partial charge >= 0.3 is 0 Å². The number of amides is 1. The van der Waals surface area contributed by atoms with Gasteiger partial charge in [0, 0.05) is 19.6 Å². The van der Waals surface area contributed by atoms with Gasteiger partial charge in [0.2, 0.25) is 5.91 Å². The fourth-order valence-electron chi connectivity index (χ4n) is 3.39. The van der Waals surface area contributed by atoms with Crippen molar-refractivity contribution < 1.29 is 4.79 Å². The zero-order chi connectivity index (χ0) is 14.9. The quantitative estimate of drug-likeness (QED) is 0.871. The SMILES string of the molecule is Cl.O=C(Cc1ccc(Cl)c(Cl)c1)N1CCC2(CCNC2)CC1. The van der Waals surface area contributed by atoms with E-state index in [1.165, 1.54) is 6.42 Å². The standard InChI is InChI=1S/C16H20Cl2N2O.ClH/c17-13-2-1-12(9-14(13)18)10-15(21)20-7-4-16(5-8-20)3-6-19-11-16;/h1-2,9,19H,3-8,10-11H2;1H. The largest absolute Gasteiger partial charge is 0.342 e. The first-order valence-corrected chi connectivity index (χ1v) is 8.26. The third kappa shape index (κ3) is 3.88. The second kappa shape index (κ2) is 7.39. The molecule has 2 aliphatic rings. The molecule has 0 aromatic heterocycles. The Hall–Kier alpha value is -0.480. The van der Waals surface area contributed by atoms with Crippen molar-refractivity contribution in [3.63, 3.8) is 0 Å². The molecule has 6 heteroatoms. The molecule has 0 radical (unpaired) electrons. The van der Waals surface area contributed by atoms with Crippen LogP contribution < -0.4 is 5.32 Å². The molecule has 3 rings (SSSR count). The molecule has 2 aliphatic heterocycles. The van der Waals surface area contributed by atoms with E-state index in [-0.39, 0.29) is 18.3 Å². The first-order chi connectivity index (χ1) is 10.1. The van der Waals surface area contributed by atoms with Gasteiger partial charge < -0.3 is 10.2 Å². The maximum atomic E-state index is 12.4. The molecule has 1 spiro atoms. The van der Waals surface area contributed by atoms with E-state index in [2.05, 4.69) is 5.32 Å². The van der Waals surface area contributed by atoms with Crippen LogP contribution in [0.1, 0.15) is 24.8 Å². The van der Waals surface area contributed by atoms with E-state index in [0.717, 1.165) is 44.6 Å². The van der Waals surface area contributed by atoms with E-state index in [1.54, 1.807) is 12.1 Å². The lowest BCUT2D eigenvalue weighted by atomic mass is 9.78. The molecule has 2 fully saturated rings. The van der Waals surface area contributed by atoms with Crippen molar-refractivity contribution in [2.24, 2.45) is 5.41 Å². The van der Waals surface area contributed by atoms with Gasteiger partial charge in [-0.1, -0.05) is 29.3 Å². The van der Waals surface area contributed by atoms with Crippen molar-refractivity contribution in [2.45, 2.75) is 25.7 Å². The highest BCUT2D eigenvalue weighted by molar-refractivity contribution is 6.42. The summed E-state index contributed by atoms with van der Waals surface area (Å²) < 4.78 is 0. The number of carbonyl (C=O) groups excluding carboxylic acids is 1. The molecule has 0 unspecified atom stereocenters. The van der Waals surface area contributed by atoms with Crippen molar-refractivity contribution in [2.75, 3.05) is 26.2 Å². The average molecular weight is 364 g/mol. The molecular formula is C16H21Cl3N2O. The summed E-state index contributed by atoms with van der Waals surface area (Å²) in [5.41, 5.74) is 1.37. The van der Waals surface area contributed by atoms with Crippen molar-refractivity contribution in [3.05, 3.63) is 33.8 Å². The minimum absolute atomic E-state index is 0. The van der Waals surface area contributed by atoms with Crippen LogP contribution in [0, 0.1) is 5.41 Å². The minimum atomic E-state index is 0. The molecule has 1 aromatic carbocycles. The molecule has 0 atom stereocenters. The number of hydrogen-bond acceptors (Lipinski definition) is 2. The number of hydrogen-bond donors (Lipinski definition) is 1. The number of nitrogens with zero attached hydrogens (tertiary/aromatic N) is 1. The Morgan fingerprint density at radius 3 is 2.50 bits per heavy atom. The smallest absolute Gasteiger partial charge is 0.226 e. The summed E-state index contributed by atoms with van der Waals surface area (Å²) in [6, 6.07) is 5.41. The number of likely N-dealkylation sites (tertiary alicyclic amines) is 1. The Labute approximate surface area is 147 Å². The lowest BCUT2D eigenvalue weighted by Gasteiger charge is -2.39. The second-order valence-corrected chi connectivity index (χ2v) is 7.05. The number of carbonyl (C=O) groups is 1. The third-order valence-corrected chi connectivity index (χ3v) is 5.59. The topological polar surface area (TPSA) is 32.3 Å². The van der Waals surface area contributed by atoms with Crippen LogP contribution in [0.2, 0.25) is 10.0 Å². The van der Waals surface area contributed by atoms with Crippen LogP contribution in [0.3, 0.4) is 0 Å². The summed E-state index contributed by atoms with van der Waals surface area (Å²) >= 11 is 11.9. The summed E-state index contributed by atoms with van der Waals surface area (Å²) in [5.74, 6) is 0.189. The molecule has 1 N–H and O–H groups in total. The fraction of sp³-hybridized carbons (Fsp3) is 0.562. The fourth-order valence-corrected chi connectivity index (χ4v) is 3.71. The van der Waals surface area contributed by atoms with E-state index in [0.29, 0.717) is 21.9 Å². The Morgan fingerprint density at radius 2 is 1.91 bits per heavy atom. The van der Waals surface area contributed by atoms with Crippen LogP contribution in [-0.2, 0) is 11.2 Å². The van der Waals surface area contributed by atoms with Gasteiger partial charge in [-0.15, -0.1) is 12.4 Å². The van der Waals surface area contributed by atoms with Crippen molar-refractivity contribution in [1.29, 1.82) is 0 Å². The molecule has 2 heterocycles. The van der Waals surface area contributed by atoms with Crippen LogP contribution in [0.4, 0.5) is 0 Å². The Bertz CT molecular complexity index is 534. The third-order valence-electron chi connectivity index (χ3n) is 4.85. The highest BCUT2D eigenvalue weighted by Crippen LogP contribution is 2.37. The second-order valence-electron chi connectivity index (χ2n) is 6.23. The van der Waals surface area contributed by atoms with Gasteiger partial charge in [-0.2, -0.15) is 0 Å². The van der Waals surface area contributed by atoms with E-state index in [9.17, 15) is 4.79 Å². The number of rotatable bonds is 2. The highest BCUT2D eigenvalue weighted by Gasteiger charge is 2.37. The van der Waals surface area contributed by atoms with Gasteiger partial charge in [-0.25, -0.2) is 0 Å². The molecule has 0 aliphatic carbocycles. The Kier molecular flexibility index (Phi) is 6.00. The van der Waals surface area contributed by atoms with E-state index >= 15 is 0 Å². The van der Waals surface area contributed by atoms with Crippen molar-refractivity contribution in [3.8, 4) is 0 Å². The van der Waals surface area contributed by atoms with Crippen molar-refractivity contribution >= 4 is 41.5 Å². The van der Waals surface area contributed by atoms with Gasteiger partial charge in [0.25, 0.3) is 0 Å². The van der Waals surface area contributed by atoms with Gasteiger partial charge in [-0.05, 0) is 48.9 Å². The predicted molar refractivity (Wildman–Crippen MR) is 93.1 cm³/mol. The van der Waals surface area contributed by atoms with Gasteiger partial charge in [0.1, 0.15) is 0 Å². The summed E-state index contributed by atoms with van der Waals surface area (Å²) in [7, 11) is 0. The molecule has 3 nitrogen and oxygen atoms in total. The maximum absolute atomic E-state index is 12.4. The summed E-state index contributed by atoms with van der Waals surface area (Å²) in [4.78, 5) is 14.4. The van der Waals surface area contributed by atoms with Crippen LogP contribution in [0.5, 0.6) is 0 Å². The van der Waals surface area contributed by atoms with Gasteiger partial charge in [-0.3, -0.25) is 4.79 Å². The monoisotopic (exact) mass is 362 g/mol. The molecule has 122 valence electrons. The molecule has 1 amide bonds. The Balaban J connectivity index is 0.00000176. The predicted octanol–water partition coefficient (Wildman–Crippen LogP) is 3.56. The first kappa shape index (κ1) is 17.9. The first-order valence-electron chi connectivity index (χ1n) is 7.50. The average Bonchev–Trinajstić information content (AvgIpc) is 2.92. The van der Waals surface area contributed by atoms with Gasteiger partial charge in [0.05, 0.1) is 16.5 Å². The number of halogens is 3. The molecule has 2 saturated heterocycles. The maximum Gasteiger partial charge on any atom is 0.226 e. The highest BCUT2D eigenvalue weighted by atomic mass is 35.5. The molecular weight excluding hydrogens is 343 g/mol. The number of piperidine rings is 1. The summed E-state index contributed by atoms with van der Waals surface area (Å²) in [6.07, 6.45) is 3.89. The van der Waals surface area contributed by atoms with E-state index in [1.807, 2.05) is 11.0 Å². The molecule has 0 bridgehead atoms. The lowest BCUT2D eigenvalue weighted by Crippen LogP contribution is -2.44. The van der Waals surface area contributed by atoms with Crippen LogP contribution in [-0.4, -0.2) is 37.0 Å². The van der Waals surface area contributed by atoms with Gasteiger partial charge in [0.15, 0.2) is 0 Å². The van der Waals surface area contributed by atoms with Crippen LogP contribution >= 0.6 is 35.6 Å².